The van der Waals surface area contributed by atoms with Gasteiger partial charge in [-0.15, -0.1) is 11.3 Å². The van der Waals surface area contributed by atoms with Gasteiger partial charge in [-0.25, -0.2) is 4.98 Å². The van der Waals surface area contributed by atoms with E-state index < -0.39 is 0 Å². The van der Waals surface area contributed by atoms with Crippen LogP contribution in [0.4, 0.5) is 5.69 Å². The molecule has 0 spiro atoms. The van der Waals surface area contributed by atoms with Crippen molar-refractivity contribution in [3.63, 3.8) is 0 Å². The molecule has 26 heavy (non-hydrogen) atoms. The zero-order valence-electron chi connectivity index (χ0n) is 14.3. The maximum atomic E-state index is 12.6. The Kier molecular flexibility index (Phi) is 4.26. The number of fused-ring (bicyclic) bond motifs is 1. The highest BCUT2D eigenvalue weighted by molar-refractivity contribution is 7.17. The molecule has 0 bridgehead atoms. The van der Waals surface area contributed by atoms with E-state index >= 15 is 0 Å². The molecule has 0 saturated carbocycles. The lowest BCUT2D eigenvalue weighted by molar-refractivity contribution is 0.103. The molecule has 2 heterocycles. The Morgan fingerprint density at radius 3 is 2.73 bits per heavy atom. The summed E-state index contributed by atoms with van der Waals surface area (Å²) in [4.78, 5) is 18.9. The molecule has 0 aliphatic rings. The molecule has 4 rings (SSSR count). The number of rotatable bonds is 3. The number of anilines is 1. The lowest BCUT2D eigenvalue weighted by Crippen LogP contribution is -2.11. The van der Waals surface area contributed by atoms with Crippen LogP contribution in [0.3, 0.4) is 0 Å². The number of nitrogens with zero attached hydrogens (tertiary/aromatic N) is 2. The zero-order chi connectivity index (χ0) is 18.3. The van der Waals surface area contributed by atoms with Crippen molar-refractivity contribution in [2.24, 2.45) is 7.05 Å². The second-order valence-electron chi connectivity index (χ2n) is 6.01. The first-order chi connectivity index (χ1) is 12.5. The van der Waals surface area contributed by atoms with Gasteiger partial charge in [0.05, 0.1) is 20.8 Å². The Bertz CT molecular complexity index is 1130. The van der Waals surface area contributed by atoms with Crippen LogP contribution >= 0.6 is 22.9 Å². The fraction of sp³-hybridized carbons (Fsp3) is 0.100. The number of aromatic nitrogens is 2. The number of para-hydroxylation sites is 2. The van der Waals surface area contributed by atoms with Crippen molar-refractivity contribution < 1.29 is 4.79 Å². The fourth-order valence-electron chi connectivity index (χ4n) is 2.87. The van der Waals surface area contributed by atoms with Gasteiger partial charge in [0.2, 0.25) is 0 Å². The van der Waals surface area contributed by atoms with Crippen LogP contribution in [0, 0.1) is 6.92 Å². The average molecular weight is 382 g/mol. The Balaban J connectivity index is 1.64. The molecular formula is C20H16ClN3OS. The van der Waals surface area contributed by atoms with E-state index in [2.05, 4.69) is 10.3 Å². The molecule has 0 aliphatic heterocycles. The molecule has 0 aliphatic carbocycles. The highest BCUT2D eigenvalue weighted by Gasteiger charge is 2.16. The van der Waals surface area contributed by atoms with Gasteiger partial charge in [0.25, 0.3) is 5.91 Å². The second-order valence-corrected chi connectivity index (χ2v) is 7.50. The molecule has 6 heteroatoms. The van der Waals surface area contributed by atoms with E-state index in [0.717, 1.165) is 33.0 Å². The number of benzene rings is 2. The first-order valence-corrected chi connectivity index (χ1v) is 9.32. The number of carbonyl (C=O) groups is 1. The third-order valence-electron chi connectivity index (χ3n) is 4.35. The molecule has 0 fully saturated rings. The maximum Gasteiger partial charge on any atom is 0.265 e. The Morgan fingerprint density at radius 2 is 1.92 bits per heavy atom. The minimum Gasteiger partial charge on any atom is -0.326 e. The first kappa shape index (κ1) is 16.8. The van der Waals surface area contributed by atoms with Gasteiger partial charge < -0.3 is 9.88 Å². The van der Waals surface area contributed by atoms with Crippen LogP contribution in [-0.4, -0.2) is 15.5 Å². The third-order valence-corrected chi connectivity index (χ3v) is 5.84. The van der Waals surface area contributed by atoms with E-state index in [0.29, 0.717) is 9.90 Å². The zero-order valence-corrected chi connectivity index (χ0v) is 15.9. The van der Waals surface area contributed by atoms with Crippen molar-refractivity contribution in [3.8, 4) is 10.7 Å². The number of aryl methyl sites for hydroxylation is 1. The molecule has 0 radical (unpaired) electrons. The van der Waals surface area contributed by atoms with E-state index in [-0.39, 0.29) is 5.91 Å². The summed E-state index contributed by atoms with van der Waals surface area (Å²) in [5.41, 5.74) is 3.59. The fourth-order valence-corrected chi connectivity index (χ4v) is 3.97. The second kappa shape index (κ2) is 6.59. The van der Waals surface area contributed by atoms with Crippen molar-refractivity contribution in [1.29, 1.82) is 0 Å². The van der Waals surface area contributed by atoms with Crippen LogP contribution in [0.25, 0.3) is 21.7 Å². The van der Waals surface area contributed by atoms with E-state index in [1.165, 1.54) is 11.3 Å². The van der Waals surface area contributed by atoms with Crippen molar-refractivity contribution in [1.82, 2.24) is 9.55 Å². The summed E-state index contributed by atoms with van der Waals surface area (Å²) in [6.45, 7) is 1.89. The van der Waals surface area contributed by atoms with E-state index in [4.69, 9.17) is 11.6 Å². The smallest absolute Gasteiger partial charge is 0.265 e. The highest BCUT2D eigenvalue weighted by atomic mass is 35.5. The molecule has 2 aromatic carbocycles. The molecule has 1 amide bonds. The van der Waals surface area contributed by atoms with Gasteiger partial charge >= 0.3 is 0 Å². The topological polar surface area (TPSA) is 46.9 Å². The van der Waals surface area contributed by atoms with Crippen LogP contribution in [-0.2, 0) is 7.05 Å². The van der Waals surface area contributed by atoms with Crippen LogP contribution in [0.15, 0.2) is 54.6 Å². The molecule has 2 aromatic heterocycles. The summed E-state index contributed by atoms with van der Waals surface area (Å²) >= 11 is 7.55. The van der Waals surface area contributed by atoms with Gasteiger partial charge in [0.1, 0.15) is 0 Å². The highest BCUT2D eigenvalue weighted by Crippen LogP contribution is 2.31. The van der Waals surface area contributed by atoms with Gasteiger partial charge in [-0.1, -0.05) is 29.8 Å². The Morgan fingerprint density at radius 1 is 1.12 bits per heavy atom. The molecule has 1 N–H and O–H groups in total. The summed E-state index contributed by atoms with van der Waals surface area (Å²) in [6, 6.07) is 17.2. The van der Waals surface area contributed by atoms with Crippen LogP contribution in [0.1, 0.15) is 15.2 Å². The number of hydrogen-bond acceptors (Lipinski definition) is 3. The largest absolute Gasteiger partial charge is 0.326 e. The number of imidazole rings is 1. The molecule has 0 saturated heterocycles. The van der Waals surface area contributed by atoms with E-state index in [1.807, 2.05) is 73.1 Å². The lowest BCUT2D eigenvalue weighted by atomic mass is 10.2. The maximum absolute atomic E-state index is 12.6. The van der Waals surface area contributed by atoms with Crippen molar-refractivity contribution in [3.05, 3.63) is 70.1 Å². The van der Waals surface area contributed by atoms with Gasteiger partial charge in [-0.05, 0) is 48.9 Å². The van der Waals surface area contributed by atoms with Gasteiger partial charge in [0.15, 0.2) is 5.82 Å². The lowest BCUT2D eigenvalue weighted by Gasteiger charge is -2.08. The predicted molar refractivity (Wildman–Crippen MR) is 108 cm³/mol. The van der Waals surface area contributed by atoms with Gasteiger partial charge in [0, 0.05) is 17.8 Å². The van der Waals surface area contributed by atoms with E-state index in [9.17, 15) is 4.79 Å². The van der Waals surface area contributed by atoms with Gasteiger partial charge in [-0.3, -0.25) is 4.79 Å². The standard InChI is InChI=1S/C20H16ClN3OS/c1-12-13(21)6-5-8-14(12)23-20(25)18-11-10-17(26-18)19-22-15-7-3-4-9-16(15)24(19)2/h3-11H,1-2H3,(H,23,25). The van der Waals surface area contributed by atoms with Crippen molar-refractivity contribution in [2.75, 3.05) is 5.32 Å². The summed E-state index contributed by atoms with van der Waals surface area (Å²) in [7, 11) is 1.99. The number of carbonyl (C=O) groups excluding carboxylic acids is 1. The number of thiophene rings is 1. The van der Waals surface area contributed by atoms with Crippen LogP contribution < -0.4 is 5.32 Å². The van der Waals surface area contributed by atoms with Crippen LogP contribution in [0.2, 0.25) is 5.02 Å². The van der Waals surface area contributed by atoms with Crippen molar-refractivity contribution in [2.45, 2.75) is 6.92 Å². The summed E-state index contributed by atoms with van der Waals surface area (Å²) in [5, 5.41) is 3.57. The minimum atomic E-state index is -0.148. The monoisotopic (exact) mass is 381 g/mol. The normalized spacial score (nSPS) is 11.0. The SMILES string of the molecule is Cc1c(Cl)cccc1NC(=O)c1ccc(-c2nc3ccccc3n2C)s1. The molecular weight excluding hydrogens is 366 g/mol. The number of nitrogens with one attached hydrogen (secondary N) is 1. The quantitative estimate of drug-likeness (QED) is 0.508. The molecule has 0 unspecified atom stereocenters. The number of hydrogen-bond donors (Lipinski definition) is 1. The third kappa shape index (κ3) is 2.89. The Hall–Kier alpha value is -2.63. The molecule has 4 nitrogen and oxygen atoms in total. The first-order valence-electron chi connectivity index (χ1n) is 8.13. The van der Waals surface area contributed by atoms with E-state index in [1.54, 1.807) is 0 Å². The average Bonchev–Trinajstić information content (AvgIpc) is 3.24. The summed E-state index contributed by atoms with van der Waals surface area (Å²) < 4.78 is 2.05. The van der Waals surface area contributed by atoms with Gasteiger partial charge in [-0.2, -0.15) is 0 Å². The summed E-state index contributed by atoms with van der Waals surface area (Å²) in [5.74, 6) is 0.708. The Labute approximate surface area is 160 Å². The molecule has 130 valence electrons. The predicted octanol–water partition coefficient (Wildman–Crippen LogP) is 5.52. The number of amides is 1. The summed E-state index contributed by atoms with van der Waals surface area (Å²) in [6.07, 6.45) is 0. The van der Waals surface area contributed by atoms with Crippen LogP contribution in [0.5, 0.6) is 0 Å². The minimum absolute atomic E-state index is 0.148. The molecule has 0 atom stereocenters. The molecule has 4 aromatic rings. The van der Waals surface area contributed by atoms with Crippen molar-refractivity contribution >= 4 is 45.6 Å². The number of halogens is 1.